The van der Waals surface area contributed by atoms with Crippen LogP contribution in [0.2, 0.25) is 0 Å². The van der Waals surface area contributed by atoms with E-state index < -0.39 is 0 Å². The Morgan fingerprint density at radius 3 is 2.74 bits per heavy atom. The van der Waals surface area contributed by atoms with Crippen molar-refractivity contribution in [1.82, 2.24) is 9.78 Å². The van der Waals surface area contributed by atoms with Gasteiger partial charge in [-0.2, -0.15) is 5.10 Å². The Morgan fingerprint density at radius 1 is 1.11 bits per heavy atom. The third-order valence-corrected chi connectivity index (χ3v) is 5.57. The molecule has 4 nitrogen and oxygen atoms in total. The second-order valence-corrected chi connectivity index (χ2v) is 7.81. The summed E-state index contributed by atoms with van der Waals surface area (Å²) < 4.78 is 8.40. The summed E-state index contributed by atoms with van der Waals surface area (Å²) in [5, 5.41) is 8.62. The molecular formula is C22H24BrN3O. The van der Waals surface area contributed by atoms with Gasteiger partial charge in [0.25, 0.3) is 0 Å². The van der Waals surface area contributed by atoms with Crippen molar-refractivity contribution in [2.75, 3.05) is 19.0 Å². The van der Waals surface area contributed by atoms with Crippen LogP contribution in [0.1, 0.15) is 29.7 Å². The third kappa shape index (κ3) is 4.03. The van der Waals surface area contributed by atoms with Crippen LogP contribution in [-0.4, -0.2) is 23.4 Å². The molecule has 140 valence electrons. The minimum absolute atomic E-state index is 0.899. The maximum atomic E-state index is 5.25. The number of methoxy groups -OCH3 is 1. The number of aromatic nitrogens is 2. The quantitative estimate of drug-likeness (QED) is 0.611. The number of halogens is 1. The zero-order chi connectivity index (χ0) is 18.6. The van der Waals surface area contributed by atoms with Gasteiger partial charge in [-0.05, 0) is 68.0 Å². The molecular weight excluding hydrogens is 402 g/mol. The standard InChI is InChI=1S/C22H24BrN3O/c1-27-19-11-8-16(9-12-19)10-13-21-20-7-2-3-14-24-22(20)26(25-21)18-6-4-5-17(23)15-18/h4-6,8-9,11-12,15,24H,2-3,7,10,13-14H2,1H3. The largest absolute Gasteiger partial charge is 0.497 e. The fraction of sp³-hybridized carbons (Fsp3) is 0.318. The predicted octanol–water partition coefficient (Wildman–Crippen LogP) is 5.18. The molecule has 2 aromatic carbocycles. The minimum atomic E-state index is 0.899. The summed E-state index contributed by atoms with van der Waals surface area (Å²) >= 11 is 3.58. The number of fused-ring (bicyclic) bond motifs is 1. The molecule has 0 radical (unpaired) electrons. The number of nitrogens with zero attached hydrogens (tertiary/aromatic N) is 2. The van der Waals surface area contributed by atoms with Crippen molar-refractivity contribution in [2.45, 2.75) is 32.1 Å². The van der Waals surface area contributed by atoms with Gasteiger partial charge in [-0.1, -0.05) is 34.1 Å². The lowest BCUT2D eigenvalue weighted by Crippen LogP contribution is -2.07. The summed E-state index contributed by atoms with van der Waals surface area (Å²) in [6.45, 7) is 1.00. The van der Waals surface area contributed by atoms with Crippen molar-refractivity contribution in [1.29, 1.82) is 0 Å². The molecule has 5 heteroatoms. The molecule has 0 unspecified atom stereocenters. The monoisotopic (exact) mass is 425 g/mol. The van der Waals surface area contributed by atoms with E-state index in [-0.39, 0.29) is 0 Å². The van der Waals surface area contributed by atoms with Crippen LogP contribution in [0, 0.1) is 0 Å². The zero-order valence-corrected chi connectivity index (χ0v) is 17.1. The maximum absolute atomic E-state index is 5.25. The van der Waals surface area contributed by atoms with Crippen LogP contribution in [0.25, 0.3) is 5.69 Å². The molecule has 0 aliphatic carbocycles. The molecule has 1 aliphatic heterocycles. The van der Waals surface area contributed by atoms with Crippen LogP contribution in [0.4, 0.5) is 5.82 Å². The summed E-state index contributed by atoms with van der Waals surface area (Å²) in [5.74, 6) is 2.06. The number of nitrogens with one attached hydrogen (secondary N) is 1. The molecule has 0 atom stereocenters. The molecule has 0 bridgehead atoms. The predicted molar refractivity (Wildman–Crippen MR) is 113 cm³/mol. The average Bonchev–Trinajstić information content (AvgIpc) is 2.87. The highest BCUT2D eigenvalue weighted by Crippen LogP contribution is 2.29. The summed E-state index contributed by atoms with van der Waals surface area (Å²) in [7, 11) is 1.70. The van der Waals surface area contributed by atoms with Crippen LogP contribution >= 0.6 is 15.9 Å². The Bertz CT molecular complexity index is 918. The number of benzene rings is 2. The summed E-state index contributed by atoms with van der Waals surface area (Å²) in [6, 6.07) is 16.7. The van der Waals surface area contributed by atoms with Gasteiger partial charge < -0.3 is 10.1 Å². The highest BCUT2D eigenvalue weighted by Gasteiger charge is 2.20. The Labute approximate surface area is 168 Å². The van der Waals surface area contributed by atoms with E-state index in [9.17, 15) is 0 Å². The van der Waals surface area contributed by atoms with E-state index in [0.29, 0.717) is 0 Å². The van der Waals surface area contributed by atoms with E-state index in [2.05, 4.69) is 56.3 Å². The van der Waals surface area contributed by atoms with Crippen LogP contribution in [0.15, 0.2) is 53.0 Å². The molecule has 0 spiro atoms. The van der Waals surface area contributed by atoms with Crippen molar-refractivity contribution in [2.24, 2.45) is 0 Å². The van der Waals surface area contributed by atoms with Gasteiger partial charge in [-0.25, -0.2) is 4.68 Å². The third-order valence-electron chi connectivity index (χ3n) is 5.08. The van der Waals surface area contributed by atoms with Gasteiger partial charge in [-0.3, -0.25) is 0 Å². The van der Waals surface area contributed by atoms with Crippen LogP contribution in [-0.2, 0) is 19.3 Å². The zero-order valence-electron chi connectivity index (χ0n) is 15.5. The lowest BCUT2D eigenvalue weighted by atomic mass is 10.0. The van der Waals surface area contributed by atoms with E-state index in [4.69, 9.17) is 9.84 Å². The van der Waals surface area contributed by atoms with Gasteiger partial charge >= 0.3 is 0 Å². The first-order valence-corrected chi connectivity index (χ1v) is 10.3. The van der Waals surface area contributed by atoms with Crippen LogP contribution < -0.4 is 10.1 Å². The van der Waals surface area contributed by atoms with Crippen molar-refractivity contribution in [3.05, 3.63) is 69.8 Å². The number of anilines is 1. The van der Waals surface area contributed by atoms with E-state index in [1.165, 1.54) is 29.7 Å². The SMILES string of the molecule is COc1ccc(CCc2nn(-c3cccc(Br)c3)c3c2CCCCN3)cc1. The number of ether oxygens (including phenoxy) is 1. The summed E-state index contributed by atoms with van der Waals surface area (Å²) in [6.07, 6.45) is 5.42. The highest BCUT2D eigenvalue weighted by molar-refractivity contribution is 9.10. The Morgan fingerprint density at radius 2 is 1.96 bits per heavy atom. The van der Waals surface area contributed by atoms with Crippen molar-refractivity contribution in [3.63, 3.8) is 0 Å². The molecule has 0 amide bonds. The van der Waals surface area contributed by atoms with E-state index in [1.54, 1.807) is 7.11 Å². The first-order chi connectivity index (χ1) is 13.2. The minimum Gasteiger partial charge on any atom is -0.497 e. The Balaban J connectivity index is 1.63. The van der Waals surface area contributed by atoms with Gasteiger partial charge in [0.1, 0.15) is 11.6 Å². The smallest absolute Gasteiger partial charge is 0.133 e. The molecule has 1 aliphatic rings. The molecule has 0 saturated heterocycles. The second-order valence-electron chi connectivity index (χ2n) is 6.90. The topological polar surface area (TPSA) is 39.1 Å². The first kappa shape index (κ1) is 18.1. The van der Waals surface area contributed by atoms with Gasteiger partial charge in [0, 0.05) is 16.6 Å². The summed E-state index contributed by atoms with van der Waals surface area (Å²) in [5.41, 5.74) is 4.98. The molecule has 4 rings (SSSR count). The van der Waals surface area contributed by atoms with Crippen molar-refractivity contribution >= 4 is 21.7 Å². The molecule has 0 saturated carbocycles. The fourth-order valence-corrected chi connectivity index (χ4v) is 4.01. The molecule has 3 aromatic rings. The molecule has 1 N–H and O–H groups in total. The van der Waals surface area contributed by atoms with Crippen molar-refractivity contribution < 1.29 is 4.74 Å². The number of hydrogen-bond donors (Lipinski definition) is 1. The first-order valence-electron chi connectivity index (χ1n) is 9.48. The average molecular weight is 426 g/mol. The van der Waals surface area contributed by atoms with Crippen LogP contribution in [0.3, 0.4) is 0 Å². The molecule has 0 fully saturated rings. The molecule has 27 heavy (non-hydrogen) atoms. The normalized spacial score (nSPS) is 13.6. The maximum Gasteiger partial charge on any atom is 0.133 e. The molecule has 1 aromatic heterocycles. The second kappa shape index (κ2) is 8.17. The fourth-order valence-electron chi connectivity index (χ4n) is 3.62. The van der Waals surface area contributed by atoms with Gasteiger partial charge in [0.05, 0.1) is 18.5 Å². The van der Waals surface area contributed by atoms with E-state index >= 15 is 0 Å². The number of aryl methyl sites for hydroxylation is 2. The number of hydrogen-bond acceptors (Lipinski definition) is 3. The Hall–Kier alpha value is -2.27. The number of rotatable bonds is 5. The lowest BCUT2D eigenvalue weighted by Gasteiger charge is -2.09. The van der Waals surface area contributed by atoms with Gasteiger partial charge in [-0.15, -0.1) is 0 Å². The van der Waals surface area contributed by atoms with Gasteiger partial charge in [0.2, 0.25) is 0 Å². The summed E-state index contributed by atoms with van der Waals surface area (Å²) in [4.78, 5) is 0. The van der Waals surface area contributed by atoms with Crippen molar-refractivity contribution in [3.8, 4) is 11.4 Å². The lowest BCUT2D eigenvalue weighted by molar-refractivity contribution is 0.414. The van der Waals surface area contributed by atoms with Crippen LogP contribution in [0.5, 0.6) is 5.75 Å². The van der Waals surface area contributed by atoms with Gasteiger partial charge in [0.15, 0.2) is 0 Å². The Kier molecular flexibility index (Phi) is 5.48. The van der Waals surface area contributed by atoms with E-state index in [0.717, 1.165) is 47.5 Å². The highest BCUT2D eigenvalue weighted by atomic mass is 79.9. The molecule has 2 heterocycles. The van der Waals surface area contributed by atoms with E-state index in [1.807, 2.05) is 18.2 Å².